The molecule has 0 spiro atoms. The number of benzene rings is 1. The monoisotopic (exact) mass is 371 g/mol. The molecule has 2 amide bonds. The van der Waals surface area contributed by atoms with Gasteiger partial charge >= 0.3 is 0 Å². The second-order valence-electron chi connectivity index (χ2n) is 5.51. The molecule has 2 rings (SSSR count). The van der Waals surface area contributed by atoms with Crippen LogP contribution in [0.15, 0.2) is 23.3 Å². The van der Waals surface area contributed by atoms with E-state index in [-0.39, 0.29) is 18.9 Å². The van der Waals surface area contributed by atoms with Crippen molar-refractivity contribution in [2.75, 3.05) is 19.7 Å². The molecule has 0 atom stereocenters. The van der Waals surface area contributed by atoms with Crippen molar-refractivity contribution in [1.29, 1.82) is 0 Å². The van der Waals surface area contributed by atoms with Crippen LogP contribution in [0.4, 0.5) is 0 Å². The van der Waals surface area contributed by atoms with Gasteiger partial charge in [-0.15, -0.1) is 0 Å². The number of likely N-dealkylation sites (tertiary alicyclic amines) is 1. The van der Waals surface area contributed by atoms with Gasteiger partial charge in [0.2, 0.25) is 5.91 Å². The predicted molar refractivity (Wildman–Crippen MR) is 93.6 cm³/mol. The maximum atomic E-state index is 12.0. The number of hydrogen-bond donors (Lipinski definition) is 1. The molecular formula is C16H19Cl2N3O3. The van der Waals surface area contributed by atoms with Gasteiger partial charge in [0.25, 0.3) is 5.91 Å². The van der Waals surface area contributed by atoms with Crippen molar-refractivity contribution in [3.8, 4) is 5.75 Å². The molecule has 1 fully saturated rings. The highest BCUT2D eigenvalue weighted by atomic mass is 35.5. The van der Waals surface area contributed by atoms with E-state index in [9.17, 15) is 9.59 Å². The second-order valence-corrected chi connectivity index (χ2v) is 6.35. The Hall–Kier alpha value is -1.79. The van der Waals surface area contributed by atoms with Crippen LogP contribution in [-0.4, -0.2) is 42.1 Å². The van der Waals surface area contributed by atoms with Crippen molar-refractivity contribution < 1.29 is 14.3 Å². The number of nitrogens with zero attached hydrogens (tertiary/aromatic N) is 2. The van der Waals surface area contributed by atoms with Crippen LogP contribution in [-0.2, 0) is 9.59 Å². The van der Waals surface area contributed by atoms with Gasteiger partial charge in [0.1, 0.15) is 5.75 Å². The minimum Gasteiger partial charge on any atom is -0.482 e. The minimum atomic E-state index is -0.436. The summed E-state index contributed by atoms with van der Waals surface area (Å²) in [5.74, 6) is -0.0395. The maximum Gasteiger partial charge on any atom is 0.277 e. The summed E-state index contributed by atoms with van der Waals surface area (Å²) in [5.41, 5.74) is 2.91. The molecule has 1 aromatic carbocycles. The summed E-state index contributed by atoms with van der Waals surface area (Å²) in [4.78, 5) is 25.5. The van der Waals surface area contributed by atoms with Crippen LogP contribution in [0.25, 0.3) is 0 Å². The van der Waals surface area contributed by atoms with Gasteiger partial charge in [0.15, 0.2) is 6.61 Å². The van der Waals surface area contributed by atoms with Crippen LogP contribution >= 0.6 is 23.2 Å². The molecule has 1 heterocycles. The molecule has 1 aromatic rings. The lowest BCUT2D eigenvalue weighted by molar-refractivity contribution is -0.129. The van der Waals surface area contributed by atoms with Gasteiger partial charge in [-0.3, -0.25) is 9.59 Å². The van der Waals surface area contributed by atoms with E-state index in [1.54, 1.807) is 19.1 Å². The van der Waals surface area contributed by atoms with Crippen LogP contribution in [0.1, 0.15) is 26.2 Å². The second kappa shape index (κ2) is 8.89. The lowest BCUT2D eigenvalue weighted by Gasteiger charge is -2.14. The number of carbonyl (C=O) groups is 2. The van der Waals surface area contributed by atoms with Crippen LogP contribution in [0.3, 0.4) is 0 Å². The Bertz CT molecular complexity index is 643. The quantitative estimate of drug-likeness (QED) is 0.617. The third kappa shape index (κ3) is 5.69. The Morgan fingerprint density at radius 1 is 1.29 bits per heavy atom. The van der Waals surface area contributed by atoms with Crippen molar-refractivity contribution in [3.05, 3.63) is 28.2 Å². The molecule has 0 bridgehead atoms. The van der Waals surface area contributed by atoms with Crippen LogP contribution in [0.5, 0.6) is 5.75 Å². The molecule has 1 aliphatic rings. The standard InChI is InChI=1S/C16H19Cl2N3O3/c1-11(8-16(23)21-6-2-3-7-21)19-20-15(22)10-24-14-5-4-12(17)9-13(14)18/h4-5,9H,2-3,6-8,10H2,1H3,(H,20,22). The fourth-order valence-corrected chi connectivity index (χ4v) is 2.73. The molecule has 24 heavy (non-hydrogen) atoms. The summed E-state index contributed by atoms with van der Waals surface area (Å²) >= 11 is 11.7. The summed E-state index contributed by atoms with van der Waals surface area (Å²) in [6.07, 6.45) is 2.29. The highest BCUT2D eigenvalue weighted by Gasteiger charge is 2.18. The van der Waals surface area contributed by atoms with E-state index >= 15 is 0 Å². The Labute approximate surface area is 150 Å². The minimum absolute atomic E-state index is 0.0344. The fourth-order valence-electron chi connectivity index (χ4n) is 2.26. The molecule has 0 saturated carbocycles. The first-order valence-corrected chi connectivity index (χ1v) is 8.39. The van der Waals surface area contributed by atoms with Crippen LogP contribution < -0.4 is 10.2 Å². The number of rotatable bonds is 6. The number of carbonyl (C=O) groups excluding carboxylic acids is 2. The molecule has 0 radical (unpaired) electrons. The van der Waals surface area contributed by atoms with Crippen LogP contribution in [0, 0.1) is 0 Å². The molecule has 8 heteroatoms. The zero-order chi connectivity index (χ0) is 17.5. The molecule has 0 unspecified atom stereocenters. The lowest BCUT2D eigenvalue weighted by Crippen LogP contribution is -2.30. The van der Waals surface area contributed by atoms with E-state index in [1.165, 1.54) is 6.07 Å². The fraction of sp³-hybridized carbons (Fsp3) is 0.438. The van der Waals surface area contributed by atoms with Gasteiger partial charge in [-0.2, -0.15) is 5.10 Å². The maximum absolute atomic E-state index is 12.0. The number of hydrazone groups is 1. The number of hydrogen-bond acceptors (Lipinski definition) is 4. The van der Waals surface area contributed by atoms with E-state index < -0.39 is 5.91 Å². The first kappa shape index (κ1) is 18.5. The molecule has 1 saturated heterocycles. The van der Waals surface area contributed by atoms with Gasteiger partial charge in [-0.1, -0.05) is 23.2 Å². The Morgan fingerprint density at radius 3 is 2.67 bits per heavy atom. The first-order valence-electron chi connectivity index (χ1n) is 7.63. The summed E-state index contributed by atoms with van der Waals surface area (Å²) in [5, 5.41) is 4.73. The smallest absolute Gasteiger partial charge is 0.277 e. The SMILES string of the molecule is CC(CC(=O)N1CCCC1)=NNC(=O)COc1ccc(Cl)cc1Cl. The summed E-state index contributed by atoms with van der Waals surface area (Å²) < 4.78 is 5.30. The molecule has 130 valence electrons. The Kier molecular flexibility index (Phi) is 6.87. The predicted octanol–water partition coefficient (Wildman–Crippen LogP) is 2.88. The number of halogens is 2. The average Bonchev–Trinajstić information content (AvgIpc) is 3.06. The van der Waals surface area contributed by atoms with E-state index in [1.807, 2.05) is 4.90 Å². The summed E-state index contributed by atoms with van der Waals surface area (Å²) in [6, 6.07) is 4.73. The molecule has 0 aliphatic carbocycles. The normalized spacial score (nSPS) is 14.6. The highest BCUT2D eigenvalue weighted by molar-refractivity contribution is 6.35. The van der Waals surface area contributed by atoms with Crippen LogP contribution in [0.2, 0.25) is 10.0 Å². The zero-order valence-electron chi connectivity index (χ0n) is 13.3. The molecular weight excluding hydrogens is 353 g/mol. The first-order chi connectivity index (χ1) is 11.5. The van der Waals surface area contributed by atoms with Gasteiger partial charge in [0, 0.05) is 23.8 Å². The average molecular weight is 372 g/mol. The largest absolute Gasteiger partial charge is 0.482 e. The summed E-state index contributed by atoms with van der Waals surface area (Å²) in [6.45, 7) is 3.06. The lowest BCUT2D eigenvalue weighted by atomic mass is 10.3. The van der Waals surface area contributed by atoms with Gasteiger partial charge in [0.05, 0.1) is 11.4 Å². The van der Waals surface area contributed by atoms with Gasteiger partial charge in [-0.25, -0.2) is 5.43 Å². The topological polar surface area (TPSA) is 71.0 Å². The molecule has 6 nitrogen and oxygen atoms in total. The summed E-state index contributed by atoms with van der Waals surface area (Å²) in [7, 11) is 0. The van der Waals surface area contributed by atoms with Gasteiger partial charge < -0.3 is 9.64 Å². The van der Waals surface area contributed by atoms with E-state index in [0.717, 1.165) is 25.9 Å². The third-order valence-corrected chi connectivity index (χ3v) is 4.02. The van der Waals surface area contributed by atoms with Gasteiger partial charge in [-0.05, 0) is 38.0 Å². The van der Waals surface area contributed by atoms with E-state index in [0.29, 0.717) is 21.5 Å². The Morgan fingerprint density at radius 2 is 2.00 bits per heavy atom. The highest BCUT2D eigenvalue weighted by Crippen LogP contribution is 2.27. The van der Waals surface area contributed by atoms with E-state index in [4.69, 9.17) is 27.9 Å². The van der Waals surface area contributed by atoms with Crippen molar-refractivity contribution in [1.82, 2.24) is 10.3 Å². The van der Waals surface area contributed by atoms with E-state index in [2.05, 4.69) is 10.5 Å². The molecule has 0 aromatic heterocycles. The van der Waals surface area contributed by atoms with Crippen molar-refractivity contribution in [3.63, 3.8) is 0 Å². The zero-order valence-corrected chi connectivity index (χ0v) is 14.9. The van der Waals surface area contributed by atoms with Crippen molar-refractivity contribution in [2.24, 2.45) is 5.10 Å². The number of nitrogens with one attached hydrogen (secondary N) is 1. The molecule has 1 aliphatic heterocycles. The van der Waals surface area contributed by atoms with Crippen molar-refractivity contribution >= 4 is 40.7 Å². The molecule has 1 N–H and O–H groups in total. The third-order valence-electron chi connectivity index (χ3n) is 3.49. The van der Waals surface area contributed by atoms with Crippen molar-refractivity contribution in [2.45, 2.75) is 26.2 Å². The Balaban J connectivity index is 1.76. The number of amides is 2. The number of ether oxygens (including phenoxy) is 1.